The number of imide groups is 1. The van der Waals surface area contributed by atoms with Crippen LogP contribution in [0.3, 0.4) is 0 Å². The first kappa shape index (κ1) is 17.0. The van der Waals surface area contributed by atoms with Gasteiger partial charge in [-0.1, -0.05) is 6.92 Å². The highest BCUT2D eigenvalue weighted by Gasteiger charge is 2.39. The zero-order valence-corrected chi connectivity index (χ0v) is 13.9. The third-order valence-corrected chi connectivity index (χ3v) is 3.90. The van der Waals surface area contributed by atoms with Crippen molar-refractivity contribution in [1.29, 1.82) is 0 Å². The van der Waals surface area contributed by atoms with Crippen molar-refractivity contribution in [3.05, 3.63) is 54.3 Å². The number of amides is 2. The summed E-state index contributed by atoms with van der Waals surface area (Å²) in [7, 11) is 0. The topological polar surface area (TPSA) is 58.6 Å². The van der Waals surface area contributed by atoms with E-state index in [0.717, 1.165) is 6.42 Å². The second-order valence-corrected chi connectivity index (χ2v) is 5.82. The normalized spacial score (nSPS) is 17.0. The van der Waals surface area contributed by atoms with Crippen molar-refractivity contribution >= 4 is 23.2 Å². The van der Waals surface area contributed by atoms with E-state index in [-0.39, 0.29) is 24.1 Å². The van der Waals surface area contributed by atoms with Gasteiger partial charge in [-0.25, -0.2) is 9.29 Å². The summed E-state index contributed by atoms with van der Waals surface area (Å²) < 4.78 is 18.5. The summed E-state index contributed by atoms with van der Waals surface area (Å²) in [5, 5.41) is 2.98. The van der Waals surface area contributed by atoms with Crippen LogP contribution in [0.4, 0.5) is 15.8 Å². The van der Waals surface area contributed by atoms with Crippen LogP contribution in [0.15, 0.2) is 48.5 Å². The van der Waals surface area contributed by atoms with Crippen molar-refractivity contribution < 1.29 is 18.7 Å². The van der Waals surface area contributed by atoms with Crippen LogP contribution in [-0.2, 0) is 9.59 Å². The molecule has 1 N–H and O–H groups in total. The number of nitrogens with zero attached hydrogens (tertiary/aromatic N) is 1. The number of halogens is 1. The molecule has 25 heavy (non-hydrogen) atoms. The summed E-state index contributed by atoms with van der Waals surface area (Å²) >= 11 is 0. The molecule has 3 rings (SSSR count). The number of nitrogens with one attached hydrogen (secondary N) is 1. The molecular weight excluding hydrogens is 323 g/mol. The molecule has 2 amide bonds. The molecule has 130 valence electrons. The predicted molar refractivity (Wildman–Crippen MR) is 93.1 cm³/mol. The number of anilines is 2. The minimum Gasteiger partial charge on any atom is -0.494 e. The molecule has 2 aromatic rings. The molecular formula is C19H19FN2O3. The molecule has 0 aliphatic carbocycles. The van der Waals surface area contributed by atoms with Crippen molar-refractivity contribution in [2.75, 3.05) is 16.8 Å². The Morgan fingerprint density at radius 2 is 1.80 bits per heavy atom. The Labute approximate surface area is 145 Å². The summed E-state index contributed by atoms with van der Waals surface area (Å²) in [4.78, 5) is 26.0. The van der Waals surface area contributed by atoms with Crippen molar-refractivity contribution in [3.63, 3.8) is 0 Å². The molecule has 0 bridgehead atoms. The molecule has 6 heteroatoms. The van der Waals surface area contributed by atoms with E-state index in [1.807, 2.05) is 6.92 Å². The minimum absolute atomic E-state index is 0.0598. The van der Waals surface area contributed by atoms with Crippen molar-refractivity contribution in [2.45, 2.75) is 25.8 Å². The lowest BCUT2D eigenvalue weighted by atomic mass is 10.2. The summed E-state index contributed by atoms with van der Waals surface area (Å²) in [5.74, 6) is -0.250. The fourth-order valence-corrected chi connectivity index (χ4v) is 2.67. The fraction of sp³-hybridized carbons (Fsp3) is 0.263. The number of carbonyl (C=O) groups is 2. The number of rotatable bonds is 6. The molecule has 1 saturated heterocycles. The lowest BCUT2D eigenvalue weighted by molar-refractivity contribution is -0.121. The second kappa shape index (κ2) is 7.34. The van der Waals surface area contributed by atoms with E-state index in [9.17, 15) is 14.0 Å². The fourth-order valence-electron chi connectivity index (χ4n) is 2.67. The van der Waals surface area contributed by atoms with E-state index in [1.54, 1.807) is 24.3 Å². The van der Waals surface area contributed by atoms with Gasteiger partial charge in [-0.15, -0.1) is 0 Å². The van der Waals surface area contributed by atoms with E-state index in [1.165, 1.54) is 29.2 Å². The molecule has 0 spiro atoms. The Balaban J connectivity index is 1.71. The van der Waals surface area contributed by atoms with Crippen LogP contribution in [-0.4, -0.2) is 24.5 Å². The van der Waals surface area contributed by atoms with Gasteiger partial charge in [0.2, 0.25) is 5.91 Å². The van der Waals surface area contributed by atoms with E-state index >= 15 is 0 Å². The Bertz CT molecular complexity index is 759. The van der Waals surface area contributed by atoms with E-state index in [2.05, 4.69) is 5.32 Å². The third-order valence-electron chi connectivity index (χ3n) is 3.90. The smallest absolute Gasteiger partial charge is 0.256 e. The molecule has 2 aromatic carbocycles. The number of hydrogen-bond donors (Lipinski definition) is 1. The summed E-state index contributed by atoms with van der Waals surface area (Å²) in [6, 6.07) is 11.9. The third kappa shape index (κ3) is 3.79. The number of hydrogen-bond acceptors (Lipinski definition) is 4. The zero-order valence-electron chi connectivity index (χ0n) is 13.9. The Morgan fingerprint density at radius 1 is 1.12 bits per heavy atom. The summed E-state index contributed by atoms with van der Waals surface area (Å²) in [5.41, 5.74) is 1.11. The Kier molecular flexibility index (Phi) is 4.97. The maximum Gasteiger partial charge on any atom is 0.256 e. The average molecular weight is 342 g/mol. The van der Waals surface area contributed by atoms with Gasteiger partial charge in [0.15, 0.2) is 0 Å². The van der Waals surface area contributed by atoms with Crippen LogP contribution in [0.25, 0.3) is 0 Å². The summed E-state index contributed by atoms with van der Waals surface area (Å²) in [6.45, 7) is 2.63. The van der Waals surface area contributed by atoms with Crippen LogP contribution in [0.2, 0.25) is 0 Å². The molecule has 1 aliphatic heterocycles. The molecule has 1 atom stereocenters. The standard InChI is InChI=1S/C19H19FN2O3/c1-2-11-25-16-9-7-15(8-10-16)22-18(23)12-17(19(22)24)21-14-5-3-13(20)4-6-14/h3-10,17,21H,2,11-12H2,1H3/t17-/m0/s1. The highest BCUT2D eigenvalue weighted by Crippen LogP contribution is 2.26. The van der Waals surface area contributed by atoms with Crippen LogP contribution < -0.4 is 15.0 Å². The number of benzene rings is 2. The monoisotopic (exact) mass is 342 g/mol. The van der Waals surface area contributed by atoms with Crippen LogP contribution >= 0.6 is 0 Å². The van der Waals surface area contributed by atoms with Gasteiger partial charge in [0.25, 0.3) is 5.91 Å². The highest BCUT2D eigenvalue weighted by molar-refractivity contribution is 6.23. The average Bonchev–Trinajstić information content (AvgIpc) is 2.89. The van der Waals surface area contributed by atoms with Crippen molar-refractivity contribution in [3.8, 4) is 5.75 Å². The van der Waals surface area contributed by atoms with Gasteiger partial charge in [-0.2, -0.15) is 0 Å². The lowest BCUT2D eigenvalue weighted by Gasteiger charge is -2.16. The maximum absolute atomic E-state index is 13.0. The van der Waals surface area contributed by atoms with Crippen molar-refractivity contribution in [1.82, 2.24) is 0 Å². The van der Waals surface area contributed by atoms with Gasteiger partial charge in [-0.05, 0) is 55.0 Å². The van der Waals surface area contributed by atoms with Gasteiger partial charge < -0.3 is 10.1 Å². The molecule has 1 aliphatic rings. The molecule has 0 radical (unpaired) electrons. The van der Waals surface area contributed by atoms with Gasteiger partial charge in [0, 0.05) is 5.69 Å². The predicted octanol–water partition coefficient (Wildman–Crippen LogP) is 3.36. The van der Waals surface area contributed by atoms with E-state index < -0.39 is 6.04 Å². The largest absolute Gasteiger partial charge is 0.494 e. The first-order chi connectivity index (χ1) is 12.1. The van der Waals surface area contributed by atoms with Crippen LogP contribution in [0.1, 0.15) is 19.8 Å². The van der Waals surface area contributed by atoms with Gasteiger partial charge in [-0.3, -0.25) is 9.59 Å². The quantitative estimate of drug-likeness (QED) is 0.818. The van der Waals surface area contributed by atoms with Crippen LogP contribution in [0, 0.1) is 5.82 Å². The van der Waals surface area contributed by atoms with Gasteiger partial charge in [0.1, 0.15) is 17.6 Å². The highest BCUT2D eigenvalue weighted by atomic mass is 19.1. The molecule has 0 saturated carbocycles. The first-order valence-corrected chi connectivity index (χ1v) is 8.20. The molecule has 5 nitrogen and oxygen atoms in total. The Hall–Kier alpha value is -2.89. The minimum atomic E-state index is -0.658. The zero-order chi connectivity index (χ0) is 17.8. The molecule has 1 heterocycles. The maximum atomic E-state index is 13.0. The second-order valence-electron chi connectivity index (χ2n) is 5.82. The lowest BCUT2D eigenvalue weighted by Crippen LogP contribution is -2.34. The van der Waals surface area contributed by atoms with E-state index in [0.29, 0.717) is 23.7 Å². The number of carbonyl (C=O) groups excluding carboxylic acids is 2. The molecule has 1 fully saturated rings. The first-order valence-electron chi connectivity index (χ1n) is 8.20. The van der Waals surface area contributed by atoms with Gasteiger partial charge in [0.05, 0.1) is 18.7 Å². The van der Waals surface area contributed by atoms with E-state index in [4.69, 9.17) is 4.74 Å². The van der Waals surface area contributed by atoms with Crippen LogP contribution in [0.5, 0.6) is 5.75 Å². The van der Waals surface area contributed by atoms with Crippen molar-refractivity contribution in [2.24, 2.45) is 0 Å². The molecule has 0 unspecified atom stereocenters. The SMILES string of the molecule is CCCOc1ccc(N2C(=O)C[C@H](Nc3ccc(F)cc3)C2=O)cc1. The molecule has 0 aromatic heterocycles. The number of ether oxygens (including phenoxy) is 1. The Morgan fingerprint density at radius 3 is 2.44 bits per heavy atom. The summed E-state index contributed by atoms with van der Waals surface area (Å²) in [6.07, 6.45) is 0.964. The van der Waals surface area contributed by atoms with Gasteiger partial charge >= 0.3 is 0 Å².